The minimum Gasteiger partial charge on any atom is -0.480 e. The largest absolute Gasteiger partial charge is 0.480 e. The van der Waals surface area contributed by atoms with E-state index in [4.69, 9.17) is 4.74 Å². The van der Waals surface area contributed by atoms with Crippen molar-refractivity contribution in [3.8, 4) is 0 Å². The lowest BCUT2D eigenvalue weighted by Gasteiger charge is -2.36. The van der Waals surface area contributed by atoms with Crippen LogP contribution in [0.3, 0.4) is 0 Å². The number of anilines is 3. The molecule has 0 bridgehead atoms. The van der Waals surface area contributed by atoms with Gasteiger partial charge in [-0.15, -0.1) is 0 Å². The molecule has 41 heavy (non-hydrogen) atoms. The van der Waals surface area contributed by atoms with Crippen molar-refractivity contribution in [1.82, 2.24) is 9.62 Å². The maximum atomic E-state index is 14.2. The number of nitrogens with one attached hydrogen (secondary N) is 2. The van der Waals surface area contributed by atoms with Gasteiger partial charge in [0.1, 0.15) is 10.9 Å². The number of benzene rings is 2. The van der Waals surface area contributed by atoms with Gasteiger partial charge in [0, 0.05) is 51.3 Å². The van der Waals surface area contributed by atoms with Gasteiger partial charge in [-0.1, -0.05) is 37.5 Å². The second kappa shape index (κ2) is 12.4. The van der Waals surface area contributed by atoms with Crippen LogP contribution >= 0.6 is 0 Å². The molecule has 0 aromatic heterocycles. The van der Waals surface area contributed by atoms with E-state index in [0.717, 1.165) is 37.8 Å². The molecule has 5 rings (SSSR count). The average Bonchev–Trinajstić information content (AvgIpc) is 3.08. The molecule has 0 spiro atoms. The van der Waals surface area contributed by atoms with Crippen molar-refractivity contribution >= 4 is 39.0 Å². The fraction of sp³-hybridized carbons (Fsp3) is 0.533. The lowest BCUT2D eigenvalue weighted by Crippen LogP contribution is -2.47. The third-order valence-electron chi connectivity index (χ3n) is 8.95. The van der Waals surface area contributed by atoms with Gasteiger partial charge in [0.2, 0.25) is 10.0 Å². The quantitative estimate of drug-likeness (QED) is 0.445. The molecular formula is C30H40N4O6S. The molecule has 0 radical (unpaired) electrons. The van der Waals surface area contributed by atoms with Gasteiger partial charge in [-0.05, 0) is 61.8 Å². The minimum atomic E-state index is -3.99. The fourth-order valence-corrected chi connectivity index (χ4v) is 8.19. The van der Waals surface area contributed by atoms with Crippen LogP contribution in [0.4, 0.5) is 17.1 Å². The SMILES string of the molecule is CNc1cc2c(cc1C(=O)NC(C(=O)O)C1CCOCC1)S(=O)(=O)N(C)C(C1CCCCC1)CN2c1ccccc1. The Balaban J connectivity index is 1.59. The Morgan fingerprint density at radius 3 is 2.34 bits per heavy atom. The van der Waals surface area contributed by atoms with E-state index in [-0.39, 0.29) is 28.3 Å². The van der Waals surface area contributed by atoms with E-state index in [1.54, 1.807) is 20.2 Å². The summed E-state index contributed by atoms with van der Waals surface area (Å²) in [5, 5.41) is 15.7. The zero-order valence-corrected chi connectivity index (χ0v) is 24.5. The number of aliphatic carboxylic acids is 1. The van der Waals surface area contributed by atoms with Gasteiger partial charge >= 0.3 is 5.97 Å². The van der Waals surface area contributed by atoms with E-state index >= 15 is 0 Å². The Morgan fingerprint density at radius 1 is 1.02 bits per heavy atom. The molecule has 3 N–H and O–H groups in total. The number of carbonyl (C=O) groups excluding carboxylic acids is 1. The first-order valence-electron chi connectivity index (χ1n) is 14.5. The van der Waals surface area contributed by atoms with Crippen LogP contribution in [0.1, 0.15) is 55.3 Å². The van der Waals surface area contributed by atoms with Crippen LogP contribution in [0.2, 0.25) is 0 Å². The van der Waals surface area contributed by atoms with Crippen molar-refractivity contribution < 1.29 is 27.9 Å². The Kier molecular flexibility index (Phi) is 8.86. The lowest BCUT2D eigenvalue weighted by atomic mass is 9.83. The maximum absolute atomic E-state index is 14.2. The summed E-state index contributed by atoms with van der Waals surface area (Å²) in [6.07, 6.45) is 6.32. The summed E-state index contributed by atoms with van der Waals surface area (Å²) >= 11 is 0. The van der Waals surface area contributed by atoms with Crippen LogP contribution in [0.25, 0.3) is 0 Å². The molecule has 11 heteroatoms. The molecule has 1 saturated carbocycles. The summed E-state index contributed by atoms with van der Waals surface area (Å²) in [5.74, 6) is -1.80. The molecule has 2 aliphatic heterocycles. The van der Waals surface area contributed by atoms with E-state index in [1.165, 1.54) is 10.4 Å². The number of carboxylic acids is 1. The number of fused-ring (bicyclic) bond motifs is 1. The molecule has 2 aromatic rings. The number of amides is 1. The first-order valence-corrected chi connectivity index (χ1v) is 15.9. The van der Waals surface area contributed by atoms with Crippen molar-refractivity contribution in [2.24, 2.45) is 11.8 Å². The molecule has 2 fully saturated rings. The third kappa shape index (κ3) is 5.93. The van der Waals surface area contributed by atoms with Crippen LogP contribution in [0.15, 0.2) is 47.4 Å². The van der Waals surface area contributed by atoms with Crippen LogP contribution < -0.4 is 15.5 Å². The van der Waals surface area contributed by atoms with Crippen LogP contribution in [-0.2, 0) is 19.6 Å². The number of hydrogen-bond donors (Lipinski definition) is 3. The Bertz CT molecular complexity index is 1360. The number of carboxylic acid groups (broad SMARTS) is 1. The molecule has 10 nitrogen and oxygen atoms in total. The summed E-state index contributed by atoms with van der Waals surface area (Å²) in [6.45, 7) is 1.36. The van der Waals surface area contributed by atoms with Crippen molar-refractivity contribution in [1.29, 1.82) is 0 Å². The fourth-order valence-electron chi connectivity index (χ4n) is 6.58. The van der Waals surface area contributed by atoms with E-state index in [2.05, 4.69) is 10.6 Å². The molecule has 2 heterocycles. The van der Waals surface area contributed by atoms with Gasteiger partial charge in [-0.2, -0.15) is 4.31 Å². The predicted octanol–water partition coefficient (Wildman–Crippen LogP) is 4.06. The van der Waals surface area contributed by atoms with E-state index in [9.17, 15) is 23.1 Å². The highest BCUT2D eigenvalue weighted by atomic mass is 32.2. The van der Waals surface area contributed by atoms with Crippen molar-refractivity contribution in [3.63, 3.8) is 0 Å². The summed E-state index contributed by atoms with van der Waals surface area (Å²) in [6, 6.07) is 11.5. The second-order valence-corrected chi connectivity index (χ2v) is 13.3. The van der Waals surface area contributed by atoms with Crippen molar-refractivity contribution in [2.75, 3.05) is 44.1 Å². The number of likely N-dealkylation sites (N-methyl/N-ethyl adjacent to an activating group) is 1. The third-order valence-corrected chi connectivity index (χ3v) is 10.9. The topological polar surface area (TPSA) is 128 Å². The summed E-state index contributed by atoms with van der Waals surface area (Å²) in [4.78, 5) is 27.9. The molecule has 3 aliphatic rings. The van der Waals surface area contributed by atoms with Gasteiger partial charge in [0.25, 0.3) is 5.91 Å². The van der Waals surface area contributed by atoms with Gasteiger partial charge in [0.05, 0.1) is 11.3 Å². The van der Waals surface area contributed by atoms with Crippen LogP contribution in [0, 0.1) is 11.8 Å². The zero-order chi connectivity index (χ0) is 29.1. The Morgan fingerprint density at radius 2 is 1.71 bits per heavy atom. The number of para-hydroxylation sites is 1. The van der Waals surface area contributed by atoms with E-state index in [1.807, 2.05) is 35.2 Å². The number of rotatable bonds is 7. The number of hydrogen-bond acceptors (Lipinski definition) is 7. The van der Waals surface area contributed by atoms with E-state index < -0.39 is 27.9 Å². The summed E-state index contributed by atoms with van der Waals surface area (Å²) < 4.78 is 35.4. The van der Waals surface area contributed by atoms with Crippen molar-refractivity contribution in [2.45, 2.75) is 61.9 Å². The first-order chi connectivity index (χ1) is 19.7. The van der Waals surface area contributed by atoms with Gasteiger partial charge in [-0.3, -0.25) is 4.79 Å². The monoisotopic (exact) mass is 584 g/mol. The summed E-state index contributed by atoms with van der Waals surface area (Å²) in [7, 11) is -0.681. The number of nitrogens with zero attached hydrogens (tertiary/aromatic N) is 2. The molecular weight excluding hydrogens is 544 g/mol. The molecule has 222 valence electrons. The van der Waals surface area contributed by atoms with Gasteiger partial charge in [-0.25, -0.2) is 13.2 Å². The normalized spacial score (nSPS) is 22.8. The molecule has 1 saturated heterocycles. The minimum absolute atomic E-state index is 0.0317. The average molecular weight is 585 g/mol. The summed E-state index contributed by atoms with van der Waals surface area (Å²) in [5.41, 5.74) is 1.86. The number of sulfonamides is 1. The first kappa shape index (κ1) is 29.3. The molecule has 2 atom stereocenters. The Hall–Kier alpha value is -3.15. The highest BCUT2D eigenvalue weighted by Gasteiger charge is 2.42. The second-order valence-electron chi connectivity index (χ2n) is 11.3. The van der Waals surface area contributed by atoms with Crippen molar-refractivity contribution in [3.05, 3.63) is 48.0 Å². The van der Waals surface area contributed by atoms with Crippen LogP contribution in [0.5, 0.6) is 0 Å². The standard InChI is InChI=1S/C30H40N4O6S/c1-31-24-18-25-27(17-23(24)29(35)32-28(30(36)37)21-13-15-40-16-14-21)41(38,39)33(2)26(20-9-5-3-6-10-20)19-34(25)22-11-7-4-8-12-22/h4,7-8,11-12,17-18,20-21,26,28,31H,3,5-6,9-10,13-16,19H2,1-2H3,(H,32,35)(H,36,37). The predicted molar refractivity (Wildman–Crippen MR) is 157 cm³/mol. The van der Waals surface area contributed by atoms with Gasteiger partial charge in [0.15, 0.2) is 0 Å². The molecule has 2 aromatic carbocycles. The molecule has 1 aliphatic carbocycles. The zero-order valence-electron chi connectivity index (χ0n) is 23.7. The number of ether oxygens (including phenoxy) is 1. The smallest absolute Gasteiger partial charge is 0.326 e. The Labute approximate surface area is 242 Å². The van der Waals surface area contributed by atoms with E-state index in [0.29, 0.717) is 44.0 Å². The van der Waals surface area contributed by atoms with Crippen LogP contribution in [-0.4, -0.2) is 75.6 Å². The highest BCUT2D eigenvalue weighted by molar-refractivity contribution is 7.89. The molecule has 2 unspecified atom stereocenters. The van der Waals surface area contributed by atoms with Gasteiger partial charge < -0.3 is 25.4 Å². The lowest BCUT2D eigenvalue weighted by molar-refractivity contribution is -0.141. The number of carbonyl (C=O) groups is 2. The maximum Gasteiger partial charge on any atom is 0.326 e. The highest BCUT2D eigenvalue weighted by Crippen LogP contribution is 2.43. The molecule has 1 amide bonds.